The molecule has 0 saturated heterocycles. The number of amides is 2. The Morgan fingerprint density at radius 2 is 1.41 bits per heavy atom. The van der Waals surface area contributed by atoms with Gasteiger partial charge in [0, 0.05) is 19.5 Å². The summed E-state index contributed by atoms with van der Waals surface area (Å²) in [4.78, 5) is 29.0. The molecule has 1 N–H and O–H groups in total. The molecule has 198 valence electrons. The van der Waals surface area contributed by atoms with Crippen molar-refractivity contribution in [3.63, 3.8) is 0 Å². The van der Waals surface area contributed by atoms with E-state index in [0.717, 1.165) is 16.7 Å². The highest BCUT2D eigenvalue weighted by molar-refractivity contribution is 5.88. The van der Waals surface area contributed by atoms with E-state index in [0.29, 0.717) is 23.7 Å². The molecule has 0 fully saturated rings. The van der Waals surface area contributed by atoms with Crippen LogP contribution in [0, 0.1) is 0 Å². The van der Waals surface area contributed by atoms with Crippen LogP contribution in [0.4, 0.5) is 0 Å². The van der Waals surface area contributed by atoms with Crippen molar-refractivity contribution in [1.29, 1.82) is 0 Å². The predicted octanol–water partition coefficient (Wildman–Crippen LogP) is 4.75. The fourth-order valence-corrected chi connectivity index (χ4v) is 4.44. The molecule has 7 nitrogen and oxygen atoms in total. The van der Waals surface area contributed by atoms with Crippen molar-refractivity contribution in [2.45, 2.75) is 25.6 Å². The van der Waals surface area contributed by atoms with Gasteiger partial charge in [-0.05, 0) is 41.0 Å². The minimum absolute atomic E-state index is 0.183. The fraction of sp³-hybridized carbons (Fsp3) is 0.188. The second kappa shape index (κ2) is 12.6. The maximum atomic E-state index is 13.8. The van der Waals surface area contributed by atoms with Crippen molar-refractivity contribution >= 4 is 11.8 Å². The van der Waals surface area contributed by atoms with Crippen LogP contribution in [0.25, 0.3) is 0 Å². The number of nitrogens with one attached hydrogen (secondary N) is 1. The average Bonchev–Trinajstić information content (AvgIpc) is 3.46. The van der Waals surface area contributed by atoms with Crippen LogP contribution in [0.5, 0.6) is 17.2 Å². The van der Waals surface area contributed by atoms with Gasteiger partial charge in [-0.2, -0.15) is 0 Å². The molecule has 0 spiro atoms. The molecule has 1 aliphatic heterocycles. The smallest absolute Gasteiger partial charge is 0.261 e. The van der Waals surface area contributed by atoms with Crippen LogP contribution in [0.3, 0.4) is 0 Å². The maximum Gasteiger partial charge on any atom is 0.261 e. The molecule has 0 unspecified atom stereocenters. The van der Waals surface area contributed by atoms with E-state index >= 15 is 0 Å². The summed E-state index contributed by atoms with van der Waals surface area (Å²) in [6.07, 6.45) is 0.359. The molecule has 1 atom stereocenters. The van der Waals surface area contributed by atoms with Gasteiger partial charge in [-0.1, -0.05) is 84.9 Å². The molecule has 7 heteroatoms. The van der Waals surface area contributed by atoms with Gasteiger partial charge in [-0.15, -0.1) is 0 Å². The first kappa shape index (κ1) is 25.9. The maximum absolute atomic E-state index is 13.8. The number of benzene rings is 4. The van der Waals surface area contributed by atoms with E-state index in [1.807, 2.05) is 97.1 Å². The number of hydrogen-bond donors (Lipinski definition) is 1. The number of rotatable bonds is 11. The topological polar surface area (TPSA) is 77.1 Å². The number of carbonyl (C=O) groups excluding carboxylic acids is 2. The van der Waals surface area contributed by atoms with Gasteiger partial charge in [0.15, 0.2) is 18.1 Å². The highest BCUT2D eigenvalue weighted by Gasteiger charge is 2.30. The first-order valence-corrected chi connectivity index (χ1v) is 12.9. The lowest BCUT2D eigenvalue weighted by Crippen LogP contribution is -2.51. The largest absolute Gasteiger partial charge is 0.484 e. The summed E-state index contributed by atoms with van der Waals surface area (Å²) in [6, 6.07) is 33.4. The van der Waals surface area contributed by atoms with Crippen LogP contribution in [0.15, 0.2) is 109 Å². The van der Waals surface area contributed by atoms with Crippen LogP contribution in [-0.4, -0.2) is 36.2 Å². The van der Waals surface area contributed by atoms with E-state index in [1.54, 1.807) is 17.0 Å². The molecule has 1 aliphatic rings. The van der Waals surface area contributed by atoms with E-state index in [1.165, 1.54) is 0 Å². The number of para-hydroxylation sites is 1. The quantitative estimate of drug-likeness (QED) is 0.308. The zero-order valence-electron chi connectivity index (χ0n) is 21.5. The minimum atomic E-state index is -0.756. The summed E-state index contributed by atoms with van der Waals surface area (Å²) in [5.41, 5.74) is 2.75. The lowest BCUT2D eigenvalue weighted by atomic mass is 10.0. The summed E-state index contributed by atoms with van der Waals surface area (Å²) >= 11 is 0. The molecule has 2 amide bonds. The Morgan fingerprint density at radius 3 is 2.13 bits per heavy atom. The number of carbonyl (C=O) groups is 2. The summed E-state index contributed by atoms with van der Waals surface area (Å²) < 4.78 is 16.6. The first-order chi connectivity index (χ1) is 19.2. The first-order valence-electron chi connectivity index (χ1n) is 12.9. The molecular formula is C32H30N2O5. The standard InChI is InChI=1S/C32H30N2O5/c35-31(22-37-27-14-8-3-9-15-27)34(21-25-12-6-2-7-13-25)28(18-24-10-4-1-5-11-24)32(36)33-20-26-16-17-29-30(19-26)39-23-38-29/h1-17,19,28H,18,20-23H2,(H,33,36)/t28-/m1/s1. The summed E-state index contributed by atoms with van der Waals surface area (Å²) in [5, 5.41) is 3.04. The molecule has 0 aliphatic carbocycles. The van der Waals surface area contributed by atoms with Crippen molar-refractivity contribution in [1.82, 2.24) is 10.2 Å². The van der Waals surface area contributed by atoms with E-state index in [9.17, 15) is 9.59 Å². The van der Waals surface area contributed by atoms with Gasteiger partial charge >= 0.3 is 0 Å². The van der Waals surface area contributed by atoms with Crippen molar-refractivity contribution in [2.24, 2.45) is 0 Å². The number of hydrogen-bond acceptors (Lipinski definition) is 5. The van der Waals surface area contributed by atoms with Gasteiger partial charge in [0.1, 0.15) is 11.8 Å². The van der Waals surface area contributed by atoms with Crippen LogP contribution >= 0.6 is 0 Å². The van der Waals surface area contributed by atoms with Gasteiger partial charge in [-0.3, -0.25) is 9.59 Å². The molecule has 4 aromatic carbocycles. The second-order valence-electron chi connectivity index (χ2n) is 9.22. The third-order valence-corrected chi connectivity index (χ3v) is 6.48. The average molecular weight is 523 g/mol. The van der Waals surface area contributed by atoms with E-state index in [-0.39, 0.29) is 38.3 Å². The summed E-state index contributed by atoms with van der Waals surface area (Å²) in [6.45, 7) is 0.560. The minimum Gasteiger partial charge on any atom is -0.484 e. The van der Waals surface area contributed by atoms with Crippen molar-refractivity contribution in [2.75, 3.05) is 13.4 Å². The summed E-state index contributed by atoms with van der Waals surface area (Å²) in [5.74, 6) is 1.41. The second-order valence-corrected chi connectivity index (χ2v) is 9.22. The Labute approximate surface area is 227 Å². The van der Waals surface area contributed by atoms with Crippen molar-refractivity contribution in [3.8, 4) is 17.2 Å². The molecule has 0 saturated carbocycles. The number of nitrogens with zero attached hydrogens (tertiary/aromatic N) is 1. The summed E-state index contributed by atoms with van der Waals surface area (Å²) in [7, 11) is 0. The van der Waals surface area contributed by atoms with E-state index in [4.69, 9.17) is 14.2 Å². The molecule has 1 heterocycles. The van der Waals surface area contributed by atoms with Crippen LogP contribution in [0.1, 0.15) is 16.7 Å². The molecular weight excluding hydrogens is 492 g/mol. The predicted molar refractivity (Wildman–Crippen MR) is 147 cm³/mol. The van der Waals surface area contributed by atoms with E-state index < -0.39 is 6.04 Å². The zero-order valence-corrected chi connectivity index (χ0v) is 21.5. The fourth-order valence-electron chi connectivity index (χ4n) is 4.44. The zero-order chi connectivity index (χ0) is 26.9. The lowest BCUT2D eigenvalue weighted by molar-refractivity contribution is -0.142. The molecule has 0 bridgehead atoms. The van der Waals surface area contributed by atoms with Gasteiger partial charge in [0.2, 0.25) is 12.7 Å². The molecule has 39 heavy (non-hydrogen) atoms. The van der Waals surface area contributed by atoms with Crippen LogP contribution in [-0.2, 0) is 29.1 Å². The Kier molecular flexibility index (Phi) is 8.38. The van der Waals surface area contributed by atoms with Crippen molar-refractivity contribution in [3.05, 3.63) is 126 Å². The molecule has 5 rings (SSSR count). The van der Waals surface area contributed by atoms with Gasteiger partial charge in [-0.25, -0.2) is 0 Å². The molecule has 4 aromatic rings. The van der Waals surface area contributed by atoms with E-state index in [2.05, 4.69) is 5.32 Å². The normalized spacial score (nSPS) is 12.4. The molecule has 0 aromatic heterocycles. The van der Waals surface area contributed by atoms with Gasteiger partial charge in [0.05, 0.1) is 0 Å². The highest BCUT2D eigenvalue weighted by Crippen LogP contribution is 2.32. The Balaban J connectivity index is 1.38. The Bertz CT molecular complexity index is 1380. The third-order valence-electron chi connectivity index (χ3n) is 6.48. The van der Waals surface area contributed by atoms with Gasteiger partial charge < -0.3 is 24.4 Å². The van der Waals surface area contributed by atoms with Gasteiger partial charge in [0.25, 0.3) is 5.91 Å². The number of ether oxygens (including phenoxy) is 3. The molecule has 0 radical (unpaired) electrons. The Hall–Kier alpha value is -4.78. The highest BCUT2D eigenvalue weighted by atomic mass is 16.7. The number of fused-ring (bicyclic) bond motifs is 1. The third kappa shape index (κ3) is 6.96. The van der Waals surface area contributed by atoms with Crippen molar-refractivity contribution < 1.29 is 23.8 Å². The SMILES string of the molecule is O=C(NCc1ccc2c(c1)OCO2)[C@@H](Cc1ccccc1)N(Cc1ccccc1)C(=O)COc1ccccc1. The Morgan fingerprint density at radius 1 is 0.769 bits per heavy atom. The lowest BCUT2D eigenvalue weighted by Gasteiger charge is -2.31. The monoisotopic (exact) mass is 522 g/mol. The van der Waals surface area contributed by atoms with Crippen LogP contribution < -0.4 is 19.5 Å². The van der Waals surface area contributed by atoms with Crippen LogP contribution in [0.2, 0.25) is 0 Å².